The molecule has 1 saturated heterocycles. The quantitative estimate of drug-likeness (QED) is 0.606. The van der Waals surface area contributed by atoms with Crippen LogP contribution in [0.25, 0.3) is 11.3 Å². The van der Waals surface area contributed by atoms with Crippen LogP contribution in [0.15, 0.2) is 45.3 Å². The van der Waals surface area contributed by atoms with Crippen LogP contribution < -0.4 is 5.32 Å². The summed E-state index contributed by atoms with van der Waals surface area (Å²) >= 11 is 2.63. The van der Waals surface area contributed by atoms with Crippen LogP contribution in [0, 0.1) is 19.8 Å². The van der Waals surface area contributed by atoms with Crippen LogP contribution in [0.2, 0.25) is 0 Å². The molecule has 30 heavy (non-hydrogen) atoms. The molecule has 1 N–H and O–H groups in total. The fraction of sp³-hybridized carbons (Fsp3) is 0.333. The molecule has 4 rings (SSSR count). The fourth-order valence-corrected chi connectivity index (χ4v) is 6.90. The minimum absolute atomic E-state index is 0.0926. The van der Waals surface area contributed by atoms with E-state index in [4.69, 9.17) is 0 Å². The number of hydrogen-bond acceptors (Lipinski definition) is 6. The van der Waals surface area contributed by atoms with E-state index in [0.717, 1.165) is 16.8 Å². The standard InChI is InChI=1S/C21H23N3O3S3/c1-14-5-6-15(2)17(12-14)18-13-29-21(22-18)23-20(25)16-7-9-24(10-8-16)30(26,27)19-4-3-11-28-19/h3-6,11-13,16H,7-10H2,1-2H3,(H,22,23,25). The van der Waals surface area contributed by atoms with Crippen LogP contribution in [0.4, 0.5) is 5.13 Å². The Morgan fingerprint density at radius 2 is 1.93 bits per heavy atom. The smallest absolute Gasteiger partial charge is 0.252 e. The van der Waals surface area contributed by atoms with Crippen LogP contribution in [0.1, 0.15) is 24.0 Å². The van der Waals surface area contributed by atoms with Gasteiger partial charge in [0.25, 0.3) is 10.0 Å². The van der Waals surface area contributed by atoms with E-state index in [2.05, 4.69) is 28.5 Å². The minimum Gasteiger partial charge on any atom is -0.302 e. The van der Waals surface area contributed by atoms with Gasteiger partial charge in [-0.05, 0) is 49.8 Å². The number of carbonyl (C=O) groups is 1. The second-order valence-corrected chi connectivity index (χ2v) is 11.4. The summed E-state index contributed by atoms with van der Waals surface area (Å²) in [6, 6.07) is 9.59. The summed E-state index contributed by atoms with van der Waals surface area (Å²) in [6.45, 7) is 4.79. The number of anilines is 1. The van der Waals surface area contributed by atoms with Gasteiger partial charge in [0, 0.05) is 30.0 Å². The van der Waals surface area contributed by atoms with E-state index in [0.29, 0.717) is 35.3 Å². The molecule has 1 aromatic carbocycles. The van der Waals surface area contributed by atoms with Crippen molar-refractivity contribution in [2.24, 2.45) is 5.92 Å². The Hall–Kier alpha value is -2.07. The Kier molecular flexibility index (Phi) is 6.06. The molecule has 2 aromatic heterocycles. The molecule has 3 heterocycles. The predicted molar refractivity (Wildman–Crippen MR) is 121 cm³/mol. The molecule has 0 radical (unpaired) electrons. The molecule has 0 unspecified atom stereocenters. The molecule has 158 valence electrons. The second-order valence-electron chi connectivity index (χ2n) is 7.46. The normalized spacial score (nSPS) is 15.9. The van der Waals surface area contributed by atoms with E-state index in [1.807, 2.05) is 19.2 Å². The monoisotopic (exact) mass is 461 g/mol. The number of aryl methyl sites for hydroxylation is 2. The highest BCUT2D eigenvalue weighted by atomic mass is 32.2. The van der Waals surface area contributed by atoms with E-state index >= 15 is 0 Å². The lowest BCUT2D eigenvalue weighted by molar-refractivity contribution is -0.120. The number of rotatable bonds is 5. The number of thiazole rings is 1. The van der Waals surface area contributed by atoms with Crippen molar-refractivity contribution in [3.8, 4) is 11.3 Å². The predicted octanol–water partition coefficient (Wildman–Crippen LogP) is 4.53. The third-order valence-corrected chi connectivity index (χ3v) is 9.35. The molecule has 0 bridgehead atoms. The zero-order chi connectivity index (χ0) is 21.3. The van der Waals surface area contributed by atoms with Crippen molar-refractivity contribution in [3.05, 3.63) is 52.2 Å². The van der Waals surface area contributed by atoms with E-state index in [9.17, 15) is 13.2 Å². The maximum Gasteiger partial charge on any atom is 0.252 e. The Morgan fingerprint density at radius 3 is 2.63 bits per heavy atom. The lowest BCUT2D eigenvalue weighted by atomic mass is 9.97. The van der Waals surface area contributed by atoms with Gasteiger partial charge in [0.2, 0.25) is 5.91 Å². The van der Waals surface area contributed by atoms with Gasteiger partial charge in [-0.3, -0.25) is 4.79 Å². The molecule has 3 aromatic rings. The van der Waals surface area contributed by atoms with Crippen molar-refractivity contribution in [2.45, 2.75) is 30.9 Å². The first kappa shape index (κ1) is 21.2. The van der Waals surface area contributed by atoms with Crippen molar-refractivity contribution in [2.75, 3.05) is 18.4 Å². The summed E-state index contributed by atoms with van der Waals surface area (Å²) in [5, 5.41) is 7.20. The highest BCUT2D eigenvalue weighted by molar-refractivity contribution is 7.91. The maximum atomic E-state index is 12.7. The maximum absolute atomic E-state index is 12.7. The molecule has 1 amide bonds. The van der Waals surface area contributed by atoms with Gasteiger partial charge in [-0.1, -0.05) is 23.8 Å². The first-order valence-electron chi connectivity index (χ1n) is 9.72. The Bertz CT molecular complexity index is 1150. The summed E-state index contributed by atoms with van der Waals surface area (Å²) in [5.41, 5.74) is 4.23. The number of amides is 1. The molecule has 0 spiro atoms. The Balaban J connectivity index is 1.38. The van der Waals surface area contributed by atoms with Crippen LogP contribution >= 0.6 is 22.7 Å². The largest absolute Gasteiger partial charge is 0.302 e. The summed E-state index contributed by atoms with van der Waals surface area (Å²) < 4.78 is 27.1. The second kappa shape index (κ2) is 8.58. The van der Waals surface area contributed by atoms with Crippen molar-refractivity contribution < 1.29 is 13.2 Å². The first-order chi connectivity index (χ1) is 14.3. The zero-order valence-corrected chi connectivity index (χ0v) is 19.2. The average molecular weight is 462 g/mol. The van der Waals surface area contributed by atoms with Gasteiger partial charge < -0.3 is 5.32 Å². The Morgan fingerprint density at radius 1 is 1.17 bits per heavy atom. The SMILES string of the molecule is Cc1ccc(C)c(-c2csc(NC(=O)C3CCN(S(=O)(=O)c4cccs4)CC3)n2)c1. The number of piperidine rings is 1. The van der Waals surface area contributed by atoms with E-state index in [1.54, 1.807) is 17.5 Å². The van der Waals surface area contributed by atoms with Crippen molar-refractivity contribution in [3.63, 3.8) is 0 Å². The van der Waals surface area contributed by atoms with Gasteiger partial charge in [-0.25, -0.2) is 13.4 Å². The molecule has 0 atom stereocenters. The zero-order valence-electron chi connectivity index (χ0n) is 16.8. The minimum atomic E-state index is -3.45. The van der Waals surface area contributed by atoms with Crippen LogP contribution in [0.3, 0.4) is 0 Å². The van der Waals surface area contributed by atoms with Gasteiger partial charge in [0.15, 0.2) is 5.13 Å². The summed E-state index contributed by atoms with van der Waals surface area (Å²) in [7, 11) is -3.45. The number of carbonyl (C=O) groups excluding carboxylic acids is 1. The van der Waals surface area contributed by atoms with Gasteiger partial charge in [-0.2, -0.15) is 4.31 Å². The topological polar surface area (TPSA) is 79.4 Å². The number of nitrogens with zero attached hydrogens (tertiary/aromatic N) is 2. The number of thiophene rings is 1. The molecule has 0 saturated carbocycles. The first-order valence-corrected chi connectivity index (χ1v) is 12.9. The third-order valence-electron chi connectivity index (χ3n) is 5.32. The lowest BCUT2D eigenvalue weighted by Crippen LogP contribution is -2.41. The number of benzene rings is 1. The van der Waals surface area contributed by atoms with Gasteiger partial charge >= 0.3 is 0 Å². The molecule has 9 heteroatoms. The molecule has 0 aliphatic carbocycles. The highest BCUT2D eigenvalue weighted by Crippen LogP contribution is 2.30. The van der Waals surface area contributed by atoms with E-state index in [-0.39, 0.29) is 11.8 Å². The average Bonchev–Trinajstić information content (AvgIpc) is 3.42. The number of aromatic nitrogens is 1. The molecule has 6 nitrogen and oxygen atoms in total. The van der Waals surface area contributed by atoms with Crippen molar-refractivity contribution in [1.29, 1.82) is 0 Å². The molecule has 1 aliphatic rings. The molecular formula is C21H23N3O3S3. The van der Waals surface area contributed by atoms with Gasteiger partial charge in [0.1, 0.15) is 4.21 Å². The molecule has 1 aliphatic heterocycles. The lowest BCUT2D eigenvalue weighted by Gasteiger charge is -2.29. The van der Waals surface area contributed by atoms with Gasteiger partial charge in [-0.15, -0.1) is 22.7 Å². The number of hydrogen-bond donors (Lipinski definition) is 1. The van der Waals surface area contributed by atoms with Crippen LogP contribution in [-0.2, 0) is 14.8 Å². The summed E-state index contributed by atoms with van der Waals surface area (Å²) in [5.74, 6) is -0.308. The van der Waals surface area contributed by atoms with Crippen molar-refractivity contribution >= 4 is 43.7 Å². The van der Waals surface area contributed by atoms with Gasteiger partial charge in [0.05, 0.1) is 5.69 Å². The van der Waals surface area contributed by atoms with E-state index in [1.165, 1.54) is 32.5 Å². The summed E-state index contributed by atoms with van der Waals surface area (Å²) in [4.78, 5) is 17.3. The highest BCUT2D eigenvalue weighted by Gasteiger charge is 2.32. The number of nitrogens with one attached hydrogen (secondary N) is 1. The molecular weight excluding hydrogens is 438 g/mol. The van der Waals surface area contributed by atoms with Crippen LogP contribution in [0.5, 0.6) is 0 Å². The molecule has 1 fully saturated rings. The van der Waals surface area contributed by atoms with E-state index < -0.39 is 10.0 Å². The van der Waals surface area contributed by atoms with Crippen molar-refractivity contribution in [1.82, 2.24) is 9.29 Å². The summed E-state index contributed by atoms with van der Waals surface area (Å²) in [6.07, 6.45) is 1.01. The third kappa shape index (κ3) is 4.34. The number of sulfonamides is 1. The Labute approximate surface area is 184 Å². The van der Waals surface area contributed by atoms with Crippen LogP contribution in [-0.4, -0.2) is 36.7 Å². The fourth-order valence-electron chi connectivity index (χ4n) is 3.57.